The van der Waals surface area contributed by atoms with Gasteiger partial charge in [-0.05, 0) is 19.9 Å². The second kappa shape index (κ2) is 7.26. The van der Waals surface area contributed by atoms with Crippen molar-refractivity contribution in [2.24, 2.45) is 0 Å². The lowest BCUT2D eigenvalue weighted by Crippen LogP contribution is -2.21. The van der Waals surface area contributed by atoms with E-state index in [0.29, 0.717) is 5.75 Å². The predicted molar refractivity (Wildman–Crippen MR) is 75.4 cm³/mol. The summed E-state index contributed by atoms with van der Waals surface area (Å²) < 4.78 is 0. The maximum atomic E-state index is 9.77. The summed E-state index contributed by atoms with van der Waals surface area (Å²) in [5.41, 5.74) is 2.11. The highest BCUT2D eigenvalue weighted by atomic mass is 32.2. The predicted octanol–water partition coefficient (Wildman–Crippen LogP) is 2.72. The molecule has 1 aromatic carbocycles. The maximum Gasteiger partial charge on any atom is 0.120 e. The molecule has 0 fully saturated rings. The number of hydrogen-bond donors (Lipinski definition) is 2. The lowest BCUT2D eigenvalue weighted by Gasteiger charge is -2.16. The van der Waals surface area contributed by atoms with Crippen LogP contribution in [0.15, 0.2) is 18.2 Å². The Bertz CT molecular complexity index is 398. The number of phenols is 1. The van der Waals surface area contributed by atoms with Crippen LogP contribution in [0.25, 0.3) is 0 Å². The lowest BCUT2D eigenvalue weighted by atomic mass is 10.0. The van der Waals surface area contributed by atoms with Gasteiger partial charge in [-0.2, -0.15) is 0 Å². The average molecular weight is 249 g/mol. The quantitative estimate of drug-likeness (QED) is 0.600. The minimum Gasteiger partial charge on any atom is -0.508 e. The van der Waals surface area contributed by atoms with Gasteiger partial charge in [-0.25, -0.2) is 0 Å². The molecular weight excluding hydrogens is 230 g/mol. The Labute approximate surface area is 108 Å². The number of phenolic OH excluding ortho intramolecular Hbond substituents is 1. The lowest BCUT2D eigenvalue weighted by molar-refractivity contribution is 0.454. The van der Waals surface area contributed by atoms with Crippen molar-refractivity contribution in [1.82, 2.24) is 5.32 Å². The zero-order chi connectivity index (χ0) is 12.7. The molecule has 1 atom stereocenters. The number of rotatable bonds is 6. The molecule has 0 amide bonds. The van der Waals surface area contributed by atoms with Gasteiger partial charge in [-0.3, -0.25) is 0 Å². The van der Waals surface area contributed by atoms with E-state index in [0.717, 1.165) is 29.2 Å². The summed E-state index contributed by atoms with van der Waals surface area (Å²) in [6.45, 7) is 4.97. The fourth-order valence-corrected chi connectivity index (χ4v) is 2.13. The second-order valence-electron chi connectivity index (χ2n) is 3.99. The Balaban J connectivity index is 2.44. The summed E-state index contributed by atoms with van der Waals surface area (Å²) in [5, 5.41) is 13.2. The number of terminal acetylenes is 1. The monoisotopic (exact) mass is 249 g/mol. The average Bonchev–Trinajstić information content (AvgIpc) is 2.32. The van der Waals surface area contributed by atoms with Gasteiger partial charge in [0.1, 0.15) is 5.75 Å². The van der Waals surface area contributed by atoms with Crippen LogP contribution in [0.4, 0.5) is 0 Å². The number of aryl methyl sites for hydroxylation is 1. The number of benzene rings is 1. The van der Waals surface area contributed by atoms with Crippen LogP contribution in [0.5, 0.6) is 5.75 Å². The minimum atomic E-state index is 0.154. The van der Waals surface area contributed by atoms with Gasteiger partial charge in [0.2, 0.25) is 0 Å². The molecular formula is C14H19NOS. The van der Waals surface area contributed by atoms with Crippen LogP contribution < -0.4 is 5.32 Å². The van der Waals surface area contributed by atoms with E-state index in [1.807, 2.05) is 19.1 Å². The molecule has 0 aliphatic heterocycles. The van der Waals surface area contributed by atoms with Gasteiger partial charge in [0.05, 0.1) is 5.75 Å². The van der Waals surface area contributed by atoms with Crippen molar-refractivity contribution in [2.45, 2.75) is 19.9 Å². The van der Waals surface area contributed by atoms with E-state index in [1.54, 1.807) is 17.8 Å². The van der Waals surface area contributed by atoms with E-state index < -0.39 is 0 Å². The van der Waals surface area contributed by atoms with E-state index in [4.69, 9.17) is 6.42 Å². The zero-order valence-corrected chi connectivity index (χ0v) is 11.2. The van der Waals surface area contributed by atoms with Crippen LogP contribution in [0, 0.1) is 19.3 Å². The molecule has 17 heavy (non-hydrogen) atoms. The highest BCUT2D eigenvalue weighted by Gasteiger charge is 2.09. The number of thioether (sulfide) groups is 1. The van der Waals surface area contributed by atoms with Gasteiger partial charge >= 0.3 is 0 Å². The second-order valence-corrected chi connectivity index (χ2v) is 5.10. The van der Waals surface area contributed by atoms with E-state index >= 15 is 0 Å². The molecule has 0 aliphatic carbocycles. The Hall–Kier alpha value is -1.11. The Morgan fingerprint density at radius 1 is 1.53 bits per heavy atom. The molecule has 1 unspecified atom stereocenters. The number of nitrogens with one attached hydrogen (secondary N) is 1. The molecule has 3 heteroatoms. The summed E-state index contributed by atoms with van der Waals surface area (Å²) in [7, 11) is 0. The van der Waals surface area contributed by atoms with Crippen LogP contribution in [0.1, 0.15) is 24.1 Å². The third kappa shape index (κ3) is 4.72. The van der Waals surface area contributed by atoms with E-state index in [9.17, 15) is 5.11 Å². The van der Waals surface area contributed by atoms with Crippen LogP contribution in [0.2, 0.25) is 0 Å². The Morgan fingerprint density at radius 2 is 2.29 bits per heavy atom. The highest BCUT2D eigenvalue weighted by Crippen LogP contribution is 2.24. The first-order valence-electron chi connectivity index (χ1n) is 5.69. The normalized spacial score (nSPS) is 12.1. The van der Waals surface area contributed by atoms with Crippen LogP contribution >= 0.6 is 11.8 Å². The van der Waals surface area contributed by atoms with Crippen LogP contribution in [0.3, 0.4) is 0 Å². The molecule has 2 nitrogen and oxygen atoms in total. The largest absolute Gasteiger partial charge is 0.508 e. The first kappa shape index (κ1) is 14.0. The van der Waals surface area contributed by atoms with Crippen molar-refractivity contribution in [3.63, 3.8) is 0 Å². The smallest absolute Gasteiger partial charge is 0.120 e. The van der Waals surface area contributed by atoms with Crippen molar-refractivity contribution >= 4 is 11.8 Å². The summed E-state index contributed by atoms with van der Waals surface area (Å²) in [5.74, 6) is 4.70. The molecule has 1 aromatic rings. The van der Waals surface area contributed by atoms with Gasteiger partial charge < -0.3 is 10.4 Å². The third-order valence-corrected chi connectivity index (χ3v) is 3.40. The molecule has 0 aliphatic rings. The zero-order valence-electron chi connectivity index (χ0n) is 10.4. The first-order valence-corrected chi connectivity index (χ1v) is 6.84. The van der Waals surface area contributed by atoms with Crippen molar-refractivity contribution in [2.75, 3.05) is 18.1 Å². The summed E-state index contributed by atoms with van der Waals surface area (Å²) in [6, 6.07) is 5.83. The molecule has 0 saturated carbocycles. The standard InChI is InChI=1S/C14H19NOS/c1-4-8-17-9-7-15-12(3)13-10-11(2)5-6-14(13)16/h1,5-6,10,12,15-16H,7-9H2,2-3H3. The maximum absolute atomic E-state index is 9.77. The summed E-state index contributed by atoms with van der Waals surface area (Å²) >= 11 is 1.74. The molecule has 1 rings (SSSR count). The van der Waals surface area contributed by atoms with Gasteiger partial charge in [-0.1, -0.05) is 23.6 Å². The fraction of sp³-hybridized carbons (Fsp3) is 0.429. The molecule has 0 radical (unpaired) electrons. The van der Waals surface area contributed by atoms with Crippen molar-refractivity contribution in [3.05, 3.63) is 29.3 Å². The summed E-state index contributed by atoms with van der Waals surface area (Å²) in [6.07, 6.45) is 5.17. The molecule has 0 aromatic heterocycles. The van der Waals surface area contributed by atoms with Gasteiger partial charge in [-0.15, -0.1) is 18.2 Å². The van der Waals surface area contributed by atoms with E-state index in [-0.39, 0.29) is 6.04 Å². The fourth-order valence-electron chi connectivity index (χ4n) is 1.61. The topological polar surface area (TPSA) is 32.3 Å². The highest BCUT2D eigenvalue weighted by molar-refractivity contribution is 7.99. The minimum absolute atomic E-state index is 0.154. The molecule has 2 N–H and O–H groups in total. The molecule has 92 valence electrons. The Morgan fingerprint density at radius 3 is 3.00 bits per heavy atom. The van der Waals surface area contributed by atoms with Crippen molar-refractivity contribution < 1.29 is 5.11 Å². The molecule has 0 heterocycles. The van der Waals surface area contributed by atoms with Gasteiger partial charge in [0, 0.05) is 23.9 Å². The van der Waals surface area contributed by atoms with Gasteiger partial charge in [0.25, 0.3) is 0 Å². The molecule has 0 saturated heterocycles. The van der Waals surface area contributed by atoms with E-state index in [2.05, 4.69) is 18.2 Å². The van der Waals surface area contributed by atoms with Crippen molar-refractivity contribution in [1.29, 1.82) is 0 Å². The molecule has 0 bridgehead atoms. The SMILES string of the molecule is C#CCSCCNC(C)c1cc(C)ccc1O. The number of hydrogen-bond acceptors (Lipinski definition) is 3. The third-order valence-electron chi connectivity index (χ3n) is 2.53. The van der Waals surface area contributed by atoms with Crippen LogP contribution in [-0.2, 0) is 0 Å². The van der Waals surface area contributed by atoms with E-state index in [1.165, 1.54) is 0 Å². The number of aromatic hydroxyl groups is 1. The first-order chi connectivity index (χ1) is 8.15. The Kier molecular flexibility index (Phi) is 5.96. The van der Waals surface area contributed by atoms with Crippen LogP contribution in [-0.4, -0.2) is 23.2 Å². The summed E-state index contributed by atoms with van der Waals surface area (Å²) in [4.78, 5) is 0. The molecule has 0 spiro atoms. The van der Waals surface area contributed by atoms with Crippen molar-refractivity contribution in [3.8, 4) is 18.1 Å². The van der Waals surface area contributed by atoms with Gasteiger partial charge in [0.15, 0.2) is 0 Å².